The Morgan fingerprint density at radius 1 is 1.32 bits per heavy atom. The number of rotatable bonds is 6. The SMILES string of the molecule is C[C@@H](Nc1cc2n(CC(C)(C)C)c(=O)c(C(=O)NC3CC3)c(O)n2n1)c1ccccn1. The van der Waals surface area contributed by atoms with Gasteiger partial charge >= 0.3 is 0 Å². The molecule has 3 aromatic heterocycles. The number of aromatic nitrogens is 4. The van der Waals surface area contributed by atoms with Crippen molar-refractivity contribution in [2.75, 3.05) is 5.32 Å². The Balaban J connectivity index is 1.79. The van der Waals surface area contributed by atoms with E-state index in [2.05, 4.69) is 20.7 Å². The fourth-order valence-electron chi connectivity index (χ4n) is 3.47. The third-order valence-electron chi connectivity index (χ3n) is 5.12. The van der Waals surface area contributed by atoms with Crippen LogP contribution < -0.4 is 16.2 Å². The van der Waals surface area contributed by atoms with Crippen LogP contribution in [0, 0.1) is 5.41 Å². The molecule has 1 atom stereocenters. The first kappa shape index (κ1) is 20.9. The molecular formula is C22H28N6O3. The summed E-state index contributed by atoms with van der Waals surface area (Å²) in [7, 11) is 0. The second kappa shape index (κ2) is 7.72. The molecule has 0 radical (unpaired) electrons. The fourth-order valence-corrected chi connectivity index (χ4v) is 3.47. The van der Waals surface area contributed by atoms with E-state index in [0.29, 0.717) is 18.0 Å². The number of hydrogen-bond acceptors (Lipinski definition) is 6. The molecule has 164 valence electrons. The second-order valence-electron chi connectivity index (χ2n) is 9.32. The number of hydrogen-bond donors (Lipinski definition) is 3. The van der Waals surface area contributed by atoms with E-state index < -0.39 is 17.3 Å². The van der Waals surface area contributed by atoms with Gasteiger partial charge in [-0.15, -0.1) is 5.10 Å². The van der Waals surface area contributed by atoms with Gasteiger partial charge in [-0.2, -0.15) is 4.52 Å². The number of pyridine rings is 1. The predicted molar refractivity (Wildman–Crippen MR) is 117 cm³/mol. The monoisotopic (exact) mass is 424 g/mol. The van der Waals surface area contributed by atoms with Gasteiger partial charge in [0.2, 0.25) is 5.88 Å². The highest BCUT2D eigenvalue weighted by Gasteiger charge is 2.30. The highest BCUT2D eigenvalue weighted by atomic mass is 16.3. The van der Waals surface area contributed by atoms with Crippen LogP contribution in [0.3, 0.4) is 0 Å². The van der Waals surface area contributed by atoms with Crippen molar-refractivity contribution in [3.05, 3.63) is 52.1 Å². The van der Waals surface area contributed by atoms with Crippen molar-refractivity contribution in [1.82, 2.24) is 24.5 Å². The molecule has 3 heterocycles. The summed E-state index contributed by atoms with van der Waals surface area (Å²) < 4.78 is 2.76. The first-order valence-corrected chi connectivity index (χ1v) is 10.5. The fraction of sp³-hybridized carbons (Fsp3) is 0.455. The quantitative estimate of drug-likeness (QED) is 0.561. The van der Waals surface area contributed by atoms with E-state index in [0.717, 1.165) is 18.5 Å². The number of nitrogens with one attached hydrogen (secondary N) is 2. The van der Waals surface area contributed by atoms with Crippen molar-refractivity contribution in [3.8, 4) is 5.88 Å². The average molecular weight is 425 g/mol. The Morgan fingerprint density at radius 3 is 2.68 bits per heavy atom. The van der Waals surface area contributed by atoms with Crippen LogP contribution in [0.15, 0.2) is 35.3 Å². The number of fused-ring (bicyclic) bond motifs is 1. The summed E-state index contributed by atoms with van der Waals surface area (Å²) in [6.07, 6.45) is 3.48. The van der Waals surface area contributed by atoms with Gasteiger partial charge in [0.15, 0.2) is 11.4 Å². The van der Waals surface area contributed by atoms with Crippen LogP contribution in [0.2, 0.25) is 0 Å². The van der Waals surface area contributed by atoms with Crippen LogP contribution in [-0.4, -0.2) is 36.2 Å². The first-order chi connectivity index (χ1) is 14.6. The van der Waals surface area contributed by atoms with Crippen LogP contribution in [-0.2, 0) is 6.54 Å². The van der Waals surface area contributed by atoms with Crippen molar-refractivity contribution in [1.29, 1.82) is 0 Å². The van der Waals surface area contributed by atoms with Crippen molar-refractivity contribution in [3.63, 3.8) is 0 Å². The number of carbonyl (C=O) groups is 1. The molecule has 1 amide bonds. The number of aromatic hydroxyl groups is 1. The lowest BCUT2D eigenvalue weighted by Gasteiger charge is -2.21. The molecule has 1 saturated carbocycles. The van der Waals surface area contributed by atoms with Gasteiger partial charge in [0.25, 0.3) is 11.5 Å². The minimum absolute atomic E-state index is 0.0622. The Bertz CT molecular complexity index is 1170. The van der Waals surface area contributed by atoms with E-state index >= 15 is 0 Å². The molecule has 0 saturated heterocycles. The van der Waals surface area contributed by atoms with Gasteiger partial charge in [-0.25, -0.2) is 0 Å². The summed E-state index contributed by atoms with van der Waals surface area (Å²) in [5, 5.41) is 21.3. The van der Waals surface area contributed by atoms with E-state index in [-0.39, 0.29) is 23.1 Å². The van der Waals surface area contributed by atoms with Crippen molar-refractivity contribution >= 4 is 17.4 Å². The van der Waals surface area contributed by atoms with Crippen molar-refractivity contribution in [2.24, 2.45) is 5.41 Å². The van der Waals surface area contributed by atoms with E-state index in [4.69, 9.17) is 0 Å². The molecule has 9 heteroatoms. The van der Waals surface area contributed by atoms with Crippen LogP contribution in [0.4, 0.5) is 5.82 Å². The van der Waals surface area contributed by atoms with Crippen LogP contribution in [0.1, 0.15) is 62.6 Å². The van der Waals surface area contributed by atoms with Crippen LogP contribution in [0.5, 0.6) is 5.88 Å². The summed E-state index contributed by atoms with van der Waals surface area (Å²) in [5.74, 6) is -0.557. The molecular weight excluding hydrogens is 396 g/mol. The summed E-state index contributed by atoms with van der Waals surface area (Å²) in [4.78, 5) is 30.3. The van der Waals surface area contributed by atoms with E-state index in [1.165, 1.54) is 9.08 Å². The third kappa shape index (κ3) is 4.40. The van der Waals surface area contributed by atoms with Crippen LogP contribution in [0.25, 0.3) is 5.65 Å². The predicted octanol–water partition coefficient (Wildman–Crippen LogP) is 2.71. The molecule has 0 aliphatic heterocycles. The molecule has 1 fully saturated rings. The van der Waals surface area contributed by atoms with Gasteiger partial charge in [0, 0.05) is 24.8 Å². The van der Waals surface area contributed by atoms with Gasteiger partial charge in [-0.3, -0.25) is 19.1 Å². The number of carbonyl (C=O) groups excluding carboxylic acids is 1. The zero-order valence-corrected chi connectivity index (χ0v) is 18.2. The largest absolute Gasteiger partial charge is 0.492 e. The lowest BCUT2D eigenvalue weighted by atomic mass is 9.97. The van der Waals surface area contributed by atoms with E-state index in [1.54, 1.807) is 12.3 Å². The maximum atomic E-state index is 13.2. The molecule has 31 heavy (non-hydrogen) atoms. The van der Waals surface area contributed by atoms with Gasteiger partial charge in [0.05, 0.1) is 11.7 Å². The highest BCUT2D eigenvalue weighted by molar-refractivity contribution is 5.96. The van der Waals surface area contributed by atoms with Crippen molar-refractivity contribution < 1.29 is 9.90 Å². The number of anilines is 1. The minimum atomic E-state index is -0.568. The summed E-state index contributed by atoms with van der Waals surface area (Å²) in [6, 6.07) is 7.27. The van der Waals surface area contributed by atoms with Gasteiger partial charge in [-0.05, 0) is 37.3 Å². The Hall–Kier alpha value is -3.36. The molecule has 0 bridgehead atoms. The Morgan fingerprint density at radius 2 is 2.06 bits per heavy atom. The lowest BCUT2D eigenvalue weighted by Crippen LogP contribution is -2.37. The Labute approximate surface area is 180 Å². The normalized spacial score (nSPS) is 15.1. The number of nitrogens with zero attached hydrogens (tertiary/aromatic N) is 4. The molecule has 0 spiro atoms. The van der Waals surface area contributed by atoms with Crippen molar-refractivity contribution in [2.45, 2.75) is 59.2 Å². The first-order valence-electron chi connectivity index (χ1n) is 10.5. The van der Waals surface area contributed by atoms with E-state index in [9.17, 15) is 14.7 Å². The topological polar surface area (TPSA) is 114 Å². The minimum Gasteiger partial charge on any atom is -0.492 e. The third-order valence-corrected chi connectivity index (χ3v) is 5.12. The second-order valence-corrected chi connectivity index (χ2v) is 9.32. The highest BCUT2D eigenvalue weighted by Crippen LogP contribution is 2.26. The molecule has 3 N–H and O–H groups in total. The lowest BCUT2D eigenvalue weighted by molar-refractivity contribution is 0.0944. The van der Waals surface area contributed by atoms with Gasteiger partial charge in [0.1, 0.15) is 5.65 Å². The molecule has 0 aromatic carbocycles. The maximum absolute atomic E-state index is 13.2. The van der Waals surface area contributed by atoms with Gasteiger partial charge < -0.3 is 15.7 Å². The summed E-state index contributed by atoms with van der Waals surface area (Å²) in [5.41, 5.74) is 0.208. The van der Waals surface area contributed by atoms with Gasteiger partial charge in [-0.1, -0.05) is 26.8 Å². The molecule has 0 unspecified atom stereocenters. The van der Waals surface area contributed by atoms with Crippen LogP contribution >= 0.6 is 0 Å². The summed E-state index contributed by atoms with van der Waals surface area (Å²) >= 11 is 0. The summed E-state index contributed by atoms with van der Waals surface area (Å²) in [6.45, 7) is 8.32. The standard InChI is InChI=1S/C22H28N6O3/c1-13(15-7-5-6-10-23-15)24-16-11-17-27(12-22(2,3)4)20(30)18(21(31)28(17)26-16)19(29)25-14-8-9-14/h5-7,10-11,13-14,31H,8-9,12H2,1-4H3,(H,24,26)(H,25,29)/t13-/m1/s1. The zero-order chi connectivity index (χ0) is 22.3. The molecule has 1 aliphatic rings. The smallest absolute Gasteiger partial charge is 0.270 e. The average Bonchev–Trinajstić information content (AvgIpc) is 3.41. The zero-order valence-electron chi connectivity index (χ0n) is 18.2. The number of amides is 1. The molecule has 3 aromatic rings. The molecule has 9 nitrogen and oxygen atoms in total. The molecule has 1 aliphatic carbocycles. The Kier molecular flexibility index (Phi) is 5.20. The van der Waals surface area contributed by atoms with E-state index in [1.807, 2.05) is 45.9 Å². The maximum Gasteiger partial charge on any atom is 0.270 e. The molecule has 4 rings (SSSR count).